The Hall–Kier alpha value is -4.19. The van der Waals surface area contributed by atoms with Gasteiger partial charge in [0.15, 0.2) is 5.82 Å². The minimum absolute atomic E-state index is 0.00928. The molecule has 3 atom stereocenters. The fraction of sp³-hybridized carbons (Fsp3) is 0.324. The third kappa shape index (κ3) is 4.41. The van der Waals surface area contributed by atoms with Gasteiger partial charge in [0.25, 0.3) is 0 Å². The van der Waals surface area contributed by atoms with Crippen LogP contribution in [0.4, 0.5) is 10.1 Å². The number of nitrogens with zero attached hydrogens (tertiary/aromatic N) is 5. The zero-order chi connectivity index (χ0) is 29.8. The Labute approximate surface area is 254 Å². The first kappa shape index (κ1) is 27.6. The molecule has 0 N–H and O–H groups in total. The van der Waals surface area contributed by atoms with Crippen molar-refractivity contribution >= 4 is 44.9 Å². The quantitative estimate of drug-likeness (QED) is 0.248. The number of likely N-dealkylation sites (tertiary alicyclic amines) is 2. The number of carbonyl (C=O) groups is 1. The summed E-state index contributed by atoms with van der Waals surface area (Å²) < 4.78 is 23.0. The highest BCUT2D eigenvalue weighted by Crippen LogP contribution is 2.46. The lowest BCUT2D eigenvalue weighted by Gasteiger charge is -2.48. The van der Waals surface area contributed by atoms with E-state index < -0.39 is 5.82 Å². The summed E-state index contributed by atoms with van der Waals surface area (Å²) in [6, 6.07) is 17.5. The smallest absolute Gasteiger partial charge is 0.246 e. The van der Waals surface area contributed by atoms with Crippen molar-refractivity contribution in [2.45, 2.75) is 37.4 Å². The van der Waals surface area contributed by atoms with Crippen LogP contribution in [0.25, 0.3) is 32.8 Å². The Bertz CT molecular complexity index is 1830. The second-order valence-electron chi connectivity index (χ2n) is 11.6. The van der Waals surface area contributed by atoms with E-state index in [-0.39, 0.29) is 35.4 Å². The van der Waals surface area contributed by atoms with Crippen molar-refractivity contribution in [3.8, 4) is 23.1 Å². The summed E-state index contributed by atoms with van der Waals surface area (Å²) >= 11 is 6.61. The molecule has 0 unspecified atom stereocenters. The van der Waals surface area contributed by atoms with Gasteiger partial charge in [-0.25, -0.2) is 9.37 Å². The maximum Gasteiger partial charge on any atom is 0.246 e. The maximum absolute atomic E-state index is 16.7. The normalized spacial score (nSPS) is 21.6. The van der Waals surface area contributed by atoms with E-state index in [1.54, 1.807) is 12.1 Å². The average molecular weight is 596 g/mol. The van der Waals surface area contributed by atoms with Crippen molar-refractivity contribution in [2.75, 3.05) is 38.2 Å². The first-order chi connectivity index (χ1) is 20.9. The molecule has 0 bridgehead atoms. The molecule has 0 aliphatic carbocycles. The molecule has 9 heteroatoms. The Morgan fingerprint density at radius 3 is 2.72 bits per heavy atom. The number of hydrogen-bond acceptors (Lipinski definition) is 6. The SMILES string of the molecule is C=CC(=O)N1CC[C@@H]2[C@H]1CN2c1c(C#N)c(OC[C@@H]2CCCN2C)nc2c(F)c(-c3cccc4cccc(Cl)c34)ccc12. The summed E-state index contributed by atoms with van der Waals surface area (Å²) in [5.74, 6) is -0.454. The number of likely N-dealkylation sites (N-methyl/N-ethyl adjacent to an activating group) is 1. The Morgan fingerprint density at radius 2 is 1.98 bits per heavy atom. The molecule has 3 aromatic carbocycles. The van der Waals surface area contributed by atoms with Gasteiger partial charge in [0.2, 0.25) is 11.8 Å². The zero-order valence-electron chi connectivity index (χ0n) is 23.9. The van der Waals surface area contributed by atoms with Gasteiger partial charge in [0.05, 0.1) is 17.8 Å². The molecule has 4 aromatic rings. The number of hydrogen-bond donors (Lipinski definition) is 0. The minimum Gasteiger partial charge on any atom is -0.475 e. The van der Waals surface area contributed by atoms with Gasteiger partial charge in [-0.3, -0.25) is 4.79 Å². The summed E-state index contributed by atoms with van der Waals surface area (Å²) in [6.45, 7) is 6.13. The van der Waals surface area contributed by atoms with Crippen LogP contribution in [-0.2, 0) is 4.79 Å². The fourth-order valence-corrected chi connectivity index (χ4v) is 7.41. The van der Waals surface area contributed by atoms with Crippen molar-refractivity contribution < 1.29 is 13.9 Å². The van der Waals surface area contributed by atoms with E-state index in [0.717, 1.165) is 36.6 Å². The topological polar surface area (TPSA) is 72.7 Å². The Kier molecular flexibility index (Phi) is 6.95. The van der Waals surface area contributed by atoms with E-state index in [9.17, 15) is 10.1 Å². The molecule has 43 heavy (non-hydrogen) atoms. The monoisotopic (exact) mass is 595 g/mol. The lowest BCUT2D eigenvalue weighted by molar-refractivity contribution is -0.127. The number of aromatic nitrogens is 1. The molecule has 7 rings (SSSR count). The van der Waals surface area contributed by atoms with E-state index in [2.05, 4.69) is 34.5 Å². The second kappa shape index (κ2) is 10.8. The van der Waals surface area contributed by atoms with Crippen LogP contribution in [0.1, 0.15) is 24.8 Å². The van der Waals surface area contributed by atoms with Crippen LogP contribution in [-0.4, -0.2) is 72.1 Å². The zero-order valence-corrected chi connectivity index (χ0v) is 24.6. The fourth-order valence-electron chi connectivity index (χ4n) is 7.12. The van der Waals surface area contributed by atoms with Gasteiger partial charge in [-0.15, -0.1) is 0 Å². The van der Waals surface area contributed by atoms with Crippen LogP contribution in [0.3, 0.4) is 0 Å². The lowest BCUT2D eigenvalue weighted by atomic mass is 9.92. The van der Waals surface area contributed by atoms with Crippen LogP contribution in [0.5, 0.6) is 5.88 Å². The molecule has 4 heterocycles. The summed E-state index contributed by atoms with van der Waals surface area (Å²) in [5.41, 5.74) is 2.09. The molecule has 0 spiro atoms. The number of anilines is 1. The number of nitriles is 1. The molecular formula is C34H31ClFN5O2. The van der Waals surface area contributed by atoms with Gasteiger partial charge < -0.3 is 19.4 Å². The lowest BCUT2D eigenvalue weighted by Crippen LogP contribution is -2.63. The number of fused-ring (bicyclic) bond motifs is 3. The number of rotatable bonds is 6. The third-order valence-electron chi connectivity index (χ3n) is 9.41. The highest BCUT2D eigenvalue weighted by molar-refractivity contribution is 6.36. The number of amides is 1. The summed E-state index contributed by atoms with van der Waals surface area (Å²) in [5, 5.41) is 13.2. The highest BCUT2D eigenvalue weighted by Gasteiger charge is 2.49. The summed E-state index contributed by atoms with van der Waals surface area (Å²) in [6.07, 6.45) is 4.16. The average Bonchev–Trinajstić information content (AvgIpc) is 3.57. The van der Waals surface area contributed by atoms with Gasteiger partial charge in [0.1, 0.15) is 23.8 Å². The Morgan fingerprint density at radius 1 is 1.16 bits per heavy atom. The van der Waals surface area contributed by atoms with Crippen molar-refractivity contribution in [3.63, 3.8) is 0 Å². The van der Waals surface area contributed by atoms with Crippen LogP contribution in [0.15, 0.2) is 61.2 Å². The van der Waals surface area contributed by atoms with E-state index in [0.29, 0.717) is 52.5 Å². The predicted octanol–water partition coefficient (Wildman–Crippen LogP) is 6.17. The van der Waals surface area contributed by atoms with E-state index in [1.807, 2.05) is 41.3 Å². The molecule has 1 aromatic heterocycles. The Balaban J connectivity index is 1.38. The number of ether oxygens (including phenoxy) is 1. The number of carbonyl (C=O) groups excluding carboxylic acids is 1. The maximum atomic E-state index is 16.7. The van der Waals surface area contributed by atoms with Crippen LogP contribution in [0, 0.1) is 17.1 Å². The second-order valence-corrected chi connectivity index (χ2v) is 12.0. The molecule has 3 aliphatic heterocycles. The minimum atomic E-state index is -0.495. The largest absolute Gasteiger partial charge is 0.475 e. The molecule has 1 amide bonds. The predicted molar refractivity (Wildman–Crippen MR) is 167 cm³/mol. The number of halogens is 2. The van der Waals surface area contributed by atoms with E-state index in [4.69, 9.17) is 16.3 Å². The highest BCUT2D eigenvalue weighted by atomic mass is 35.5. The third-order valence-corrected chi connectivity index (χ3v) is 9.73. The molecule has 0 radical (unpaired) electrons. The number of benzene rings is 3. The molecule has 3 aliphatic rings. The molecule has 218 valence electrons. The molecule has 3 fully saturated rings. The van der Waals surface area contributed by atoms with Gasteiger partial charge in [-0.05, 0) is 62.0 Å². The number of pyridine rings is 1. The van der Waals surface area contributed by atoms with Crippen LogP contribution < -0.4 is 9.64 Å². The molecule has 7 nitrogen and oxygen atoms in total. The van der Waals surface area contributed by atoms with Crippen molar-refractivity contribution in [2.24, 2.45) is 0 Å². The standard InChI is InChI=1S/C34H31ClFN5O2/c1-3-29(42)40-16-14-27-28(40)18-41(27)33-24-13-12-23(22-10-4-7-20-8-5-11-26(35)30(20)22)31(36)32(24)38-34(25(33)17-37)43-19-21-9-6-15-39(21)2/h3-5,7-8,10-13,21,27-28H,1,6,9,14-16,18-19H2,2H3/t21-,27+,28+/m0/s1. The first-order valence-electron chi connectivity index (χ1n) is 14.7. The van der Waals surface area contributed by atoms with Crippen LogP contribution >= 0.6 is 11.6 Å². The molecule has 3 saturated heterocycles. The molecule has 0 saturated carbocycles. The van der Waals surface area contributed by atoms with Gasteiger partial charge >= 0.3 is 0 Å². The molecular weight excluding hydrogens is 565 g/mol. The van der Waals surface area contributed by atoms with Gasteiger partial charge in [0, 0.05) is 40.5 Å². The van der Waals surface area contributed by atoms with E-state index in [1.165, 1.54) is 6.08 Å². The summed E-state index contributed by atoms with van der Waals surface area (Å²) in [4.78, 5) is 23.3. The first-order valence-corrected chi connectivity index (χ1v) is 15.1. The van der Waals surface area contributed by atoms with Gasteiger partial charge in [-0.2, -0.15) is 5.26 Å². The van der Waals surface area contributed by atoms with Crippen molar-refractivity contribution in [3.05, 3.63) is 77.6 Å². The van der Waals surface area contributed by atoms with E-state index >= 15 is 4.39 Å². The summed E-state index contributed by atoms with van der Waals surface area (Å²) in [7, 11) is 2.06. The van der Waals surface area contributed by atoms with Crippen LogP contribution in [0.2, 0.25) is 5.02 Å². The van der Waals surface area contributed by atoms with Gasteiger partial charge in [-0.1, -0.05) is 54.6 Å². The van der Waals surface area contributed by atoms with Crippen molar-refractivity contribution in [1.82, 2.24) is 14.8 Å². The van der Waals surface area contributed by atoms with Crippen molar-refractivity contribution in [1.29, 1.82) is 5.26 Å².